The molecule has 0 saturated carbocycles. The SMILES string of the molecule is CCCCn1c(CN2CCCCC2)nc2cc(NC(=O)CC(C)C)ccc21. The van der Waals surface area contributed by atoms with Crippen molar-refractivity contribution in [1.29, 1.82) is 0 Å². The highest BCUT2D eigenvalue weighted by Crippen LogP contribution is 2.23. The minimum Gasteiger partial charge on any atom is -0.327 e. The maximum absolute atomic E-state index is 12.1. The summed E-state index contributed by atoms with van der Waals surface area (Å²) in [5, 5.41) is 3.02. The number of aromatic nitrogens is 2. The molecule has 0 bridgehead atoms. The van der Waals surface area contributed by atoms with E-state index in [1.54, 1.807) is 0 Å². The van der Waals surface area contributed by atoms with E-state index in [0.717, 1.165) is 36.5 Å². The van der Waals surface area contributed by atoms with Gasteiger partial charge in [0, 0.05) is 18.7 Å². The van der Waals surface area contributed by atoms with Crippen molar-refractivity contribution in [1.82, 2.24) is 14.5 Å². The van der Waals surface area contributed by atoms with Gasteiger partial charge in [0.25, 0.3) is 0 Å². The van der Waals surface area contributed by atoms with Gasteiger partial charge in [-0.05, 0) is 56.5 Å². The molecule has 1 saturated heterocycles. The van der Waals surface area contributed by atoms with Crippen LogP contribution < -0.4 is 5.32 Å². The zero-order valence-corrected chi connectivity index (χ0v) is 17.1. The number of nitrogens with one attached hydrogen (secondary N) is 1. The Bertz CT molecular complexity index is 759. The second kappa shape index (κ2) is 9.36. The Labute approximate surface area is 163 Å². The van der Waals surface area contributed by atoms with Gasteiger partial charge in [-0.3, -0.25) is 9.69 Å². The van der Waals surface area contributed by atoms with Gasteiger partial charge < -0.3 is 9.88 Å². The van der Waals surface area contributed by atoms with E-state index in [1.165, 1.54) is 44.3 Å². The van der Waals surface area contributed by atoms with Crippen molar-refractivity contribution in [2.24, 2.45) is 5.92 Å². The van der Waals surface area contributed by atoms with Crippen LogP contribution in [0.2, 0.25) is 0 Å². The van der Waals surface area contributed by atoms with Gasteiger partial charge in [-0.15, -0.1) is 0 Å². The highest BCUT2D eigenvalue weighted by molar-refractivity contribution is 5.93. The third kappa shape index (κ3) is 5.32. The van der Waals surface area contributed by atoms with Gasteiger partial charge in [0.2, 0.25) is 5.91 Å². The van der Waals surface area contributed by atoms with E-state index in [9.17, 15) is 4.79 Å². The van der Waals surface area contributed by atoms with Crippen molar-refractivity contribution in [3.63, 3.8) is 0 Å². The van der Waals surface area contributed by atoms with E-state index in [4.69, 9.17) is 4.98 Å². The van der Waals surface area contributed by atoms with Crippen LogP contribution in [-0.2, 0) is 17.9 Å². The number of amides is 1. The molecule has 0 radical (unpaired) electrons. The van der Waals surface area contributed by atoms with E-state index < -0.39 is 0 Å². The van der Waals surface area contributed by atoms with Gasteiger partial charge in [0.15, 0.2) is 0 Å². The third-order valence-electron chi connectivity index (χ3n) is 5.25. The minimum absolute atomic E-state index is 0.0725. The molecule has 0 spiro atoms. The highest BCUT2D eigenvalue weighted by atomic mass is 16.1. The number of benzene rings is 1. The van der Waals surface area contributed by atoms with Gasteiger partial charge in [0.05, 0.1) is 17.6 Å². The number of fused-ring (bicyclic) bond motifs is 1. The van der Waals surface area contributed by atoms with Crippen LogP contribution in [0.4, 0.5) is 5.69 Å². The van der Waals surface area contributed by atoms with Crippen LogP contribution in [0.3, 0.4) is 0 Å². The predicted molar refractivity (Wildman–Crippen MR) is 112 cm³/mol. The minimum atomic E-state index is 0.0725. The Morgan fingerprint density at radius 3 is 2.70 bits per heavy atom. The van der Waals surface area contributed by atoms with E-state index in [0.29, 0.717) is 12.3 Å². The molecule has 1 aliphatic heterocycles. The first kappa shape index (κ1) is 19.9. The molecule has 1 aliphatic rings. The number of carbonyl (C=O) groups is 1. The molecular formula is C22H34N4O. The number of aryl methyl sites for hydroxylation is 1. The highest BCUT2D eigenvalue weighted by Gasteiger charge is 2.17. The molecular weight excluding hydrogens is 336 g/mol. The summed E-state index contributed by atoms with van der Waals surface area (Å²) >= 11 is 0. The van der Waals surface area contributed by atoms with Crippen molar-refractivity contribution in [3.05, 3.63) is 24.0 Å². The molecule has 1 fully saturated rings. The number of likely N-dealkylation sites (tertiary alicyclic amines) is 1. The number of hydrogen-bond acceptors (Lipinski definition) is 3. The van der Waals surface area contributed by atoms with Crippen LogP contribution in [0.5, 0.6) is 0 Å². The second-order valence-electron chi connectivity index (χ2n) is 8.22. The number of carbonyl (C=O) groups excluding carboxylic acids is 1. The van der Waals surface area contributed by atoms with Crippen molar-refractivity contribution >= 4 is 22.6 Å². The van der Waals surface area contributed by atoms with Crippen molar-refractivity contribution < 1.29 is 4.79 Å². The molecule has 5 nitrogen and oxygen atoms in total. The lowest BCUT2D eigenvalue weighted by molar-refractivity contribution is -0.116. The average Bonchev–Trinajstić information content (AvgIpc) is 2.96. The number of anilines is 1. The summed E-state index contributed by atoms with van der Waals surface area (Å²) in [5.74, 6) is 1.59. The molecule has 1 N–H and O–H groups in total. The zero-order valence-electron chi connectivity index (χ0n) is 17.1. The smallest absolute Gasteiger partial charge is 0.224 e. The molecule has 1 aromatic heterocycles. The number of piperidine rings is 1. The first-order valence-electron chi connectivity index (χ1n) is 10.6. The Morgan fingerprint density at radius 2 is 2.00 bits per heavy atom. The maximum Gasteiger partial charge on any atom is 0.224 e. The van der Waals surface area contributed by atoms with E-state index >= 15 is 0 Å². The number of imidazole rings is 1. The molecule has 1 amide bonds. The van der Waals surface area contributed by atoms with Crippen LogP contribution in [0.25, 0.3) is 11.0 Å². The van der Waals surface area contributed by atoms with Crippen LogP contribution in [0.15, 0.2) is 18.2 Å². The fourth-order valence-electron chi connectivity index (χ4n) is 3.84. The molecule has 0 aliphatic carbocycles. The zero-order chi connectivity index (χ0) is 19.2. The molecule has 0 atom stereocenters. The summed E-state index contributed by atoms with van der Waals surface area (Å²) in [4.78, 5) is 19.6. The Balaban J connectivity index is 1.83. The monoisotopic (exact) mass is 370 g/mol. The van der Waals surface area contributed by atoms with Crippen LogP contribution in [-0.4, -0.2) is 33.4 Å². The standard InChI is InChI=1S/C22H34N4O/c1-4-5-13-26-20-10-9-18(23-22(27)14-17(2)3)15-19(20)24-21(26)16-25-11-7-6-8-12-25/h9-10,15,17H,4-8,11-14,16H2,1-3H3,(H,23,27). The van der Waals surface area contributed by atoms with Crippen molar-refractivity contribution in [3.8, 4) is 0 Å². The first-order chi connectivity index (χ1) is 13.1. The Kier molecular flexibility index (Phi) is 6.89. The molecule has 148 valence electrons. The normalized spacial score (nSPS) is 15.6. The largest absolute Gasteiger partial charge is 0.327 e. The van der Waals surface area contributed by atoms with E-state index in [2.05, 4.69) is 41.6 Å². The molecule has 2 heterocycles. The molecule has 2 aromatic rings. The molecule has 1 aromatic carbocycles. The van der Waals surface area contributed by atoms with Gasteiger partial charge in [-0.25, -0.2) is 4.98 Å². The molecule has 3 rings (SSSR count). The summed E-state index contributed by atoms with van der Waals surface area (Å²) < 4.78 is 2.38. The van der Waals surface area contributed by atoms with Gasteiger partial charge >= 0.3 is 0 Å². The van der Waals surface area contributed by atoms with Gasteiger partial charge in [-0.2, -0.15) is 0 Å². The van der Waals surface area contributed by atoms with Crippen LogP contribution in [0.1, 0.15) is 65.1 Å². The number of unbranched alkanes of at least 4 members (excludes halogenated alkanes) is 1. The number of nitrogens with zero attached hydrogens (tertiary/aromatic N) is 3. The Morgan fingerprint density at radius 1 is 1.22 bits per heavy atom. The molecule has 0 unspecified atom stereocenters. The van der Waals surface area contributed by atoms with Gasteiger partial charge in [0.1, 0.15) is 5.82 Å². The van der Waals surface area contributed by atoms with Crippen LogP contribution >= 0.6 is 0 Å². The maximum atomic E-state index is 12.1. The summed E-state index contributed by atoms with van der Waals surface area (Å²) in [5.41, 5.74) is 3.01. The van der Waals surface area contributed by atoms with Crippen LogP contribution in [0, 0.1) is 5.92 Å². The summed E-state index contributed by atoms with van der Waals surface area (Å²) in [6, 6.07) is 6.15. The third-order valence-corrected chi connectivity index (χ3v) is 5.25. The fraction of sp³-hybridized carbons (Fsp3) is 0.636. The van der Waals surface area contributed by atoms with E-state index in [-0.39, 0.29) is 5.91 Å². The topological polar surface area (TPSA) is 50.2 Å². The predicted octanol–water partition coefficient (Wildman–Crippen LogP) is 4.81. The number of hydrogen-bond donors (Lipinski definition) is 1. The summed E-state index contributed by atoms with van der Waals surface area (Å²) in [7, 11) is 0. The molecule has 27 heavy (non-hydrogen) atoms. The lowest BCUT2D eigenvalue weighted by atomic mass is 10.1. The summed E-state index contributed by atoms with van der Waals surface area (Å²) in [6.45, 7) is 10.6. The second-order valence-corrected chi connectivity index (χ2v) is 8.22. The molecule has 5 heteroatoms. The van der Waals surface area contributed by atoms with E-state index in [1.807, 2.05) is 12.1 Å². The number of rotatable bonds is 8. The van der Waals surface area contributed by atoms with Crippen molar-refractivity contribution in [2.75, 3.05) is 18.4 Å². The lowest BCUT2D eigenvalue weighted by Gasteiger charge is -2.26. The first-order valence-corrected chi connectivity index (χ1v) is 10.6. The Hall–Kier alpha value is -1.88. The van der Waals surface area contributed by atoms with Gasteiger partial charge in [-0.1, -0.05) is 33.6 Å². The summed E-state index contributed by atoms with van der Waals surface area (Å²) in [6.07, 6.45) is 6.81. The van der Waals surface area contributed by atoms with Crippen molar-refractivity contribution in [2.45, 2.75) is 72.4 Å². The lowest BCUT2D eigenvalue weighted by Crippen LogP contribution is -2.30. The average molecular weight is 371 g/mol. The fourth-order valence-corrected chi connectivity index (χ4v) is 3.84. The quantitative estimate of drug-likeness (QED) is 0.726.